The van der Waals surface area contributed by atoms with E-state index in [1.54, 1.807) is 0 Å². The zero-order valence-corrected chi connectivity index (χ0v) is 6.49. The van der Waals surface area contributed by atoms with Crippen molar-refractivity contribution in [2.75, 3.05) is 6.61 Å². The highest BCUT2D eigenvalue weighted by Crippen LogP contribution is 2.60. The first-order valence-electron chi connectivity index (χ1n) is 4.21. The van der Waals surface area contributed by atoms with Gasteiger partial charge in [-0.05, 0) is 6.92 Å². The Labute approximate surface area is 65.3 Å². The third-order valence-electron chi connectivity index (χ3n) is 3.39. The molecule has 3 nitrogen and oxygen atoms in total. The van der Waals surface area contributed by atoms with Crippen molar-refractivity contribution >= 4 is 0 Å². The van der Waals surface area contributed by atoms with Crippen molar-refractivity contribution in [3.63, 3.8) is 0 Å². The summed E-state index contributed by atoms with van der Waals surface area (Å²) in [5, 5.41) is 9.12. The van der Waals surface area contributed by atoms with Crippen molar-refractivity contribution in [3.8, 4) is 0 Å². The Morgan fingerprint density at radius 3 is 3.00 bits per heavy atom. The first-order valence-corrected chi connectivity index (χ1v) is 4.21. The summed E-state index contributed by atoms with van der Waals surface area (Å²) < 4.78 is 11.2. The average molecular weight is 156 g/mol. The SMILES string of the molecule is CC1OC2(CO)CC3OC1C32. The lowest BCUT2D eigenvalue weighted by Gasteiger charge is -2.57. The molecule has 5 unspecified atom stereocenters. The van der Waals surface area contributed by atoms with Gasteiger partial charge in [-0.2, -0.15) is 0 Å². The van der Waals surface area contributed by atoms with Gasteiger partial charge in [-0.15, -0.1) is 0 Å². The molecule has 2 aliphatic heterocycles. The van der Waals surface area contributed by atoms with E-state index < -0.39 is 0 Å². The first kappa shape index (κ1) is 6.40. The quantitative estimate of drug-likeness (QED) is 0.577. The Bertz CT molecular complexity index is 206. The largest absolute Gasteiger partial charge is 0.393 e. The van der Waals surface area contributed by atoms with Crippen LogP contribution in [0.2, 0.25) is 0 Å². The van der Waals surface area contributed by atoms with Crippen LogP contribution < -0.4 is 0 Å². The molecule has 0 spiro atoms. The van der Waals surface area contributed by atoms with Crippen LogP contribution in [0.5, 0.6) is 0 Å². The van der Waals surface area contributed by atoms with Crippen molar-refractivity contribution in [3.05, 3.63) is 0 Å². The fourth-order valence-corrected chi connectivity index (χ4v) is 2.80. The maximum atomic E-state index is 9.12. The number of hydrogen-bond donors (Lipinski definition) is 1. The summed E-state index contributed by atoms with van der Waals surface area (Å²) in [4.78, 5) is 0. The first-order chi connectivity index (χ1) is 5.27. The van der Waals surface area contributed by atoms with Gasteiger partial charge in [-0.1, -0.05) is 0 Å². The third-order valence-corrected chi connectivity index (χ3v) is 3.39. The molecule has 5 atom stereocenters. The Balaban J connectivity index is 1.92. The number of rotatable bonds is 1. The molecule has 0 bridgehead atoms. The lowest BCUT2D eigenvalue weighted by atomic mass is 9.62. The average Bonchev–Trinajstić information content (AvgIpc) is 2.07. The van der Waals surface area contributed by atoms with Crippen molar-refractivity contribution < 1.29 is 14.6 Å². The molecule has 1 saturated carbocycles. The summed E-state index contributed by atoms with van der Waals surface area (Å²) in [5.41, 5.74) is -0.201. The zero-order chi connectivity index (χ0) is 7.64. The van der Waals surface area contributed by atoms with E-state index in [1.807, 2.05) is 6.92 Å². The van der Waals surface area contributed by atoms with Crippen LogP contribution in [0.15, 0.2) is 0 Å². The van der Waals surface area contributed by atoms with Crippen LogP contribution in [0.4, 0.5) is 0 Å². The second-order valence-corrected chi connectivity index (χ2v) is 3.91. The van der Waals surface area contributed by atoms with E-state index in [9.17, 15) is 0 Å². The van der Waals surface area contributed by atoms with Gasteiger partial charge in [0.05, 0.1) is 24.9 Å². The van der Waals surface area contributed by atoms with Crippen molar-refractivity contribution in [1.82, 2.24) is 0 Å². The molecule has 0 aromatic heterocycles. The van der Waals surface area contributed by atoms with Crippen LogP contribution in [0.25, 0.3) is 0 Å². The molecule has 62 valence electrons. The van der Waals surface area contributed by atoms with E-state index in [0.717, 1.165) is 6.42 Å². The van der Waals surface area contributed by atoms with Crippen LogP contribution in [0.3, 0.4) is 0 Å². The molecular formula is C8H12O3. The number of hydrogen-bond acceptors (Lipinski definition) is 3. The van der Waals surface area contributed by atoms with Gasteiger partial charge in [-0.25, -0.2) is 0 Å². The normalized spacial score (nSPS) is 64.9. The minimum absolute atomic E-state index is 0.165. The van der Waals surface area contributed by atoms with Crippen LogP contribution in [0.1, 0.15) is 13.3 Å². The lowest BCUT2D eigenvalue weighted by molar-refractivity contribution is -0.273. The summed E-state index contributed by atoms with van der Waals surface area (Å²) in [6, 6.07) is 0. The Morgan fingerprint density at radius 1 is 1.64 bits per heavy atom. The highest BCUT2D eigenvalue weighted by atomic mass is 16.6. The van der Waals surface area contributed by atoms with Gasteiger partial charge in [0.2, 0.25) is 0 Å². The molecule has 1 aliphatic carbocycles. The smallest absolute Gasteiger partial charge is 0.102 e. The Hall–Kier alpha value is -0.120. The van der Waals surface area contributed by atoms with Gasteiger partial charge >= 0.3 is 0 Å². The van der Waals surface area contributed by atoms with Gasteiger partial charge in [0.25, 0.3) is 0 Å². The van der Waals surface area contributed by atoms with Gasteiger partial charge in [-0.3, -0.25) is 0 Å². The van der Waals surface area contributed by atoms with Crippen LogP contribution >= 0.6 is 0 Å². The lowest BCUT2D eigenvalue weighted by Crippen LogP contribution is -2.68. The van der Waals surface area contributed by atoms with Gasteiger partial charge in [0, 0.05) is 12.3 Å². The summed E-state index contributed by atoms with van der Waals surface area (Å²) in [7, 11) is 0. The fourth-order valence-electron chi connectivity index (χ4n) is 2.80. The molecule has 3 rings (SSSR count). The van der Waals surface area contributed by atoms with Crippen molar-refractivity contribution in [2.24, 2.45) is 5.92 Å². The molecule has 0 aromatic rings. The van der Waals surface area contributed by atoms with E-state index >= 15 is 0 Å². The molecule has 3 heteroatoms. The molecule has 3 fully saturated rings. The van der Waals surface area contributed by atoms with Crippen LogP contribution in [-0.4, -0.2) is 35.6 Å². The number of aliphatic hydroxyl groups is 1. The van der Waals surface area contributed by atoms with E-state index in [1.165, 1.54) is 0 Å². The van der Waals surface area contributed by atoms with E-state index in [0.29, 0.717) is 12.0 Å². The molecule has 2 heterocycles. The summed E-state index contributed by atoms with van der Waals surface area (Å²) in [5.74, 6) is 0.502. The molecule has 2 saturated heterocycles. The molecule has 0 aromatic carbocycles. The van der Waals surface area contributed by atoms with Crippen molar-refractivity contribution in [1.29, 1.82) is 0 Å². The molecule has 3 aliphatic rings. The van der Waals surface area contributed by atoms with Gasteiger partial charge < -0.3 is 14.6 Å². The molecule has 0 amide bonds. The highest BCUT2D eigenvalue weighted by molar-refractivity contribution is 5.19. The Kier molecular flexibility index (Phi) is 0.947. The van der Waals surface area contributed by atoms with Gasteiger partial charge in [0.1, 0.15) is 5.60 Å². The minimum atomic E-state index is -0.201. The van der Waals surface area contributed by atoms with Crippen LogP contribution in [0, 0.1) is 5.92 Å². The fraction of sp³-hybridized carbons (Fsp3) is 1.00. The maximum absolute atomic E-state index is 9.12. The minimum Gasteiger partial charge on any atom is -0.393 e. The summed E-state index contributed by atoms with van der Waals surface area (Å²) in [6.45, 7) is 2.19. The topological polar surface area (TPSA) is 38.7 Å². The summed E-state index contributed by atoms with van der Waals surface area (Å²) in [6.07, 6.45) is 1.76. The number of aliphatic hydroxyl groups excluding tert-OH is 1. The second kappa shape index (κ2) is 1.63. The monoisotopic (exact) mass is 156 g/mol. The van der Waals surface area contributed by atoms with Crippen molar-refractivity contribution in [2.45, 2.75) is 37.3 Å². The van der Waals surface area contributed by atoms with Gasteiger partial charge in [0.15, 0.2) is 0 Å². The standard InChI is InChI=1S/C8H12O3/c1-4-7-6-5(10-7)2-8(6,3-9)11-4/h4-7,9H,2-3H2,1H3. The van der Waals surface area contributed by atoms with E-state index in [4.69, 9.17) is 14.6 Å². The molecule has 11 heavy (non-hydrogen) atoms. The number of ether oxygens (including phenoxy) is 2. The second-order valence-electron chi connectivity index (χ2n) is 3.91. The van der Waals surface area contributed by atoms with E-state index in [-0.39, 0.29) is 24.4 Å². The highest BCUT2D eigenvalue weighted by Gasteiger charge is 2.72. The third kappa shape index (κ3) is 0.504. The molecule has 0 radical (unpaired) electrons. The Morgan fingerprint density at radius 2 is 2.45 bits per heavy atom. The van der Waals surface area contributed by atoms with E-state index in [2.05, 4.69) is 0 Å². The molecular weight excluding hydrogens is 144 g/mol. The zero-order valence-electron chi connectivity index (χ0n) is 6.49. The van der Waals surface area contributed by atoms with Crippen LogP contribution in [-0.2, 0) is 9.47 Å². The predicted molar refractivity (Wildman–Crippen MR) is 37.1 cm³/mol. The predicted octanol–water partition coefficient (Wildman–Crippen LogP) is -0.0765. The summed E-state index contributed by atoms with van der Waals surface area (Å²) >= 11 is 0. The molecule has 1 N–H and O–H groups in total. The maximum Gasteiger partial charge on any atom is 0.102 e.